The molecule has 2 aromatic rings. The Morgan fingerprint density at radius 3 is 2.63 bits per heavy atom. The minimum atomic E-state index is -1.14. The number of benzene rings is 2. The molecule has 0 aliphatic carbocycles. The molecule has 2 N–H and O–H groups in total. The third-order valence-electron chi connectivity index (χ3n) is 7.45. The van der Waals surface area contributed by atoms with Crippen LogP contribution in [0.3, 0.4) is 0 Å². The van der Waals surface area contributed by atoms with Gasteiger partial charge < -0.3 is 34.6 Å². The standard InChI is InChI=1S/C30H38N4O7/c1-33-18-28(36)34-15-7-9-21(34)19-41-24-11-5-4-10-22(24)29(37)32-23(17-27(33)35)30(38)31-14-6-8-20-12-13-25(39-2)26(16-20)40-3/h4-5,10-13,16,21,23H,6-9,14-15,17-19H2,1-3H3,(H,31,38)(H,32,37)/t21-,23+/m1/s1. The summed E-state index contributed by atoms with van der Waals surface area (Å²) >= 11 is 0. The van der Waals surface area contributed by atoms with Crippen LogP contribution >= 0.6 is 0 Å². The average molecular weight is 567 g/mol. The van der Waals surface area contributed by atoms with E-state index in [1.54, 1.807) is 43.4 Å². The quantitative estimate of drug-likeness (QED) is 0.490. The summed E-state index contributed by atoms with van der Waals surface area (Å²) in [6, 6.07) is 11.1. The minimum Gasteiger partial charge on any atom is -0.493 e. The fraction of sp³-hybridized carbons (Fsp3) is 0.467. The molecule has 2 aliphatic heterocycles. The van der Waals surface area contributed by atoms with E-state index in [-0.39, 0.29) is 37.1 Å². The number of para-hydroxylation sites is 1. The molecular weight excluding hydrogens is 528 g/mol. The van der Waals surface area contributed by atoms with Crippen molar-refractivity contribution in [3.63, 3.8) is 0 Å². The Kier molecular flexibility index (Phi) is 10.0. The van der Waals surface area contributed by atoms with Crippen molar-refractivity contribution in [2.24, 2.45) is 0 Å². The first-order chi connectivity index (χ1) is 19.8. The number of nitrogens with zero attached hydrogens (tertiary/aromatic N) is 2. The van der Waals surface area contributed by atoms with Gasteiger partial charge >= 0.3 is 0 Å². The Morgan fingerprint density at radius 1 is 1.07 bits per heavy atom. The van der Waals surface area contributed by atoms with E-state index in [4.69, 9.17) is 14.2 Å². The maximum atomic E-state index is 13.3. The maximum absolute atomic E-state index is 13.3. The molecular formula is C30H38N4O7. The van der Waals surface area contributed by atoms with Crippen molar-refractivity contribution < 1.29 is 33.4 Å². The first-order valence-corrected chi connectivity index (χ1v) is 13.9. The summed E-state index contributed by atoms with van der Waals surface area (Å²) in [6.45, 7) is 1.04. The van der Waals surface area contributed by atoms with Gasteiger partial charge in [-0.25, -0.2) is 0 Å². The van der Waals surface area contributed by atoms with Gasteiger partial charge in [0, 0.05) is 20.1 Å². The molecule has 2 aliphatic rings. The maximum Gasteiger partial charge on any atom is 0.255 e. The van der Waals surface area contributed by atoms with E-state index in [1.165, 1.54) is 11.9 Å². The molecule has 0 spiro atoms. The van der Waals surface area contributed by atoms with Crippen LogP contribution < -0.4 is 24.8 Å². The second kappa shape index (κ2) is 13.9. The average Bonchev–Trinajstić information content (AvgIpc) is 3.46. The summed E-state index contributed by atoms with van der Waals surface area (Å²) in [5.41, 5.74) is 1.27. The smallest absolute Gasteiger partial charge is 0.255 e. The highest BCUT2D eigenvalue weighted by atomic mass is 16.5. The Labute approximate surface area is 240 Å². The number of amides is 4. The highest BCUT2D eigenvalue weighted by Gasteiger charge is 2.33. The third-order valence-corrected chi connectivity index (χ3v) is 7.45. The number of nitrogens with one attached hydrogen (secondary N) is 2. The van der Waals surface area contributed by atoms with E-state index in [1.807, 2.05) is 18.2 Å². The zero-order valence-corrected chi connectivity index (χ0v) is 23.8. The third kappa shape index (κ3) is 7.47. The number of carbonyl (C=O) groups excluding carboxylic acids is 4. The van der Waals surface area contributed by atoms with Crippen LogP contribution in [0.5, 0.6) is 17.2 Å². The molecule has 4 amide bonds. The molecule has 0 unspecified atom stereocenters. The molecule has 0 aromatic heterocycles. The molecule has 2 aromatic carbocycles. The Morgan fingerprint density at radius 2 is 1.85 bits per heavy atom. The summed E-state index contributed by atoms with van der Waals surface area (Å²) < 4.78 is 16.6. The minimum absolute atomic E-state index is 0.112. The molecule has 11 nitrogen and oxygen atoms in total. The van der Waals surface area contributed by atoms with Crippen LogP contribution in [0.4, 0.5) is 0 Å². The molecule has 2 heterocycles. The Bertz CT molecular complexity index is 1270. The lowest BCUT2D eigenvalue weighted by Gasteiger charge is -2.29. The van der Waals surface area contributed by atoms with Crippen molar-refractivity contribution in [1.29, 1.82) is 0 Å². The van der Waals surface area contributed by atoms with E-state index in [0.717, 1.165) is 18.4 Å². The zero-order valence-electron chi connectivity index (χ0n) is 23.8. The summed E-state index contributed by atoms with van der Waals surface area (Å²) in [4.78, 5) is 55.7. The first kappa shape index (κ1) is 29.7. The molecule has 220 valence electrons. The van der Waals surface area contributed by atoms with Gasteiger partial charge in [-0.3, -0.25) is 19.2 Å². The van der Waals surface area contributed by atoms with Gasteiger partial charge in [-0.2, -0.15) is 0 Å². The van der Waals surface area contributed by atoms with Crippen molar-refractivity contribution in [1.82, 2.24) is 20.4 Å². The second-order valence-corrected chi connectivity index (χ2v) is 10.3. The number of ether oxygens (including phenoxy) is 3. The number of hydrogen-bond acceptors (Lipinski definition) is 7. The van der Waals surface area contributed by atoms with Crippen LogP contribution in [0.1, 0.15) is 41.6 Å². The van der Waals surface area contributed by atoms with Gasteiger partial charge in [0.2, 0.25) is 17.7 Å². The Balaban J connectivity index is 1.45. The molecule has 1 fully saturated rings. The number of fused-ring (bicyclic) bond motifs is 2. The normalized spacial score (nSPS) is 19.8. The van der Waals surface area contributed by atoms with Gasteiger partial charge in [0.1, 0.15) is 18.4 Å². The van der Waals surface area contributed by atoms with Crippen LogP contribution in [-0.4, -0.2) is 93.0 Å². The number of methoxy groups -OCH3 is 2. The predicted octanol–water partition coefficient (Wildman–Crippen LogP) is 1.78. The van der Waals surface area contributed by atoms with Crippen LogP contribution in [0.25, 0.3) is 0 Å². The van der Waals surface area contributed by atoms with E-state index in [0.29, 0.717) is 43.2 Å². The van der Waals surface area contributed by atoms with Crippen LogP contribution in [0.2, 0.25) is 0 Å². The van der Waals surface area contributed by atoms with Crippen molar-refractivity contribution in [2.75, 3.05) is 47.5 Å². The number of carbonyl (C=O) groups is 4. The lowest BCUT2D eigenvalue weighted by atomic mass is 10.1. The molecule has 1 saturated heterocycles. The van der Waals surface area contributed by atoms with E-state index >= 15 is 0 Å². The van der Waals surface area contributed by atoms with Crippen molar-refractivity contribution >= 4 is 23.6 Å². The topological polar surface area (TPSA) is 127 Å². The highest BCUT2D eigenvalue weighted by molar-refractivity contribution is 6.01. The van der Waals surface area contributed by atoms with Gasteiger partial charge in [0.05, 0.1) is 38.8 Å². The van der Waals surface area contributed by atoms with Crippen molar-refractivity contribution in [3.05, 3.63) is 53.6 Å². The number of hydrogen-bond donors (Lipinski definition) is 2. The zero-order chi connectivity index (χ0) is 29.4. The fourth-order valence-electron chi connectivity index (χ4n) is 5.12. The van der Waals surface area contributed by atoms with E-state index in [9.17, 15) is 19.2 Å². The SMILES string of the molecule is COc1ccc(CCCNC(=O)[C@@H]2CC(=O)N(C)CC(=O)N3CCC[C@@H]3COc3ccccc3C(=O)N2)cc1OC. The molecule has 4 rings (SSSR count). The van der Waals surface area contributed by atoms with Gasteiger partial charge in [-0.05, 0) is 55.5 Å². The van der Waals surface area contributed by atoms with Crippen molar-refractivity contribution in [3.8, 4) is 17.2 Å². The highest BCUT2D eigenvalue weighted by Crippen LogP contribution is 2.28. The van der Waals surface area contributed by atoms with Gasteiger partial charge in [-0.1, -0.05) is 18.2 Å². The lowest BCUT2D eigenvalue weighted by molar-refractivity contribution is -0.141. The molecule has 0 saturated carbocycles. The molecule has 41 heavy (non-hydrogen) atoms. The fourth-order valence-corrected chi connectivity index (χ4v) is 5.12. The molecule has 0 radical (unpaired) electrons. The summed E-state index contributed by atoms with van der Waals surface area (Å²) in [7, 11) is 4.68. The number of aryl methyl sites for hydroxylation is 1. The predicted molar refractivity (Wildman–Crippen MR) is 151 cm³/mol. The van der Waals surface area contributed by atoms with Crippen LogP contribution in [0, 0.1) is 0 Å². The molecule has 2 atom stereocenters. The number of likely N-dealkylation sites (N-methyl/N-ethyl adjacent to an activating group) is 1. The largest absolute Gasteiger partial charge is 0.493 e. The van der Waals surface area contributed by atoms with E-state index in [2.05, 4.69) is 10.6 Å². The first-order valence-electron chi connectivity index (χ1n) is 13.9. The van der Waals surface area contributed by atoms with Gasteiger partial charge in [0.25, 0.3) is 5.91 Å². The summed E-state index contributed by atoms with van der Waals surface area (Å²) in [5.74, 6) is 0.0411. The summed E-state index contributed by atoms with van der Waals surface area (Å²) in [6.07, 6.45) is 2.63. The number of rotatable bonds is 7. The van der Waals surface area contributed by atoms with Gasteiger partial charge in [-0.15, -0.1) is 0 Å². The van der Waals surface area contributed by atoms with Gasteiger partial charge in [0.15, 0.2) is 11.5 Å². The summed E-state index contributed by atoms with van der Waals surface area (Å²) in [5, 5.41) is 5.56. The monoisotopic (exact) mass is 566 g/mol. The van der Waals surface area contributed by atoms with E-state index < -0.39 is 23.8 Å². The second-order valence-electron chi connectivity index (χ2n) is 10.3. The van der Waals surface area contributed by atoms with Crippen LogP contribution in [-0.2, 0) is 20.8 Å². The van der Waals surface area contributed by atoms with Crippen LogP contribution in [0.15, 0.2) is 42.5 Å². The Hall–Kier alpha value is -4.28. The lowest BCUT2D eigenvalue weighted by Crippen LogP contribution is -2.51. The molecule has 0 bridgehead atoms. The van der Waals surface area contributed by atoms with Crippen molar-refractivity contribution in [2.45, 2.75) is 44.2 Å². The molecule has 11 heteroatoms.